The van der Waals surface area contributed by atoms with Gasteiger partial charge in [-0.1, -0.05) is 76.0 Å². The molecule has 0 radical (unpaired) electrons. The van der Waals surface area contributed by atoms with Crippen LogP contribution in [0.15, 0.2) is 81.8 Å². The average molecular weight is 558 g/mol. The van der Waals surface area contributed by atoms with Crippen LogP contribution in [0.4, 0.5) is 21.7 Å². The molecule has 7 aromatic rings. The van der Waals surface area contributed by atoms with Crippen LogP contribution in [-0.2, 0) is 0 Å². The first-order chi connectivity index (χ1) is 20.4. The molecule has 4 heterocycles. The van der Waals surface area contributed by atoms with Crippen LogP contribution in [0, 0.1) is 33.5 Å². The lowest BCUT2D eigenvalue weighted by atomic mass is 10.1. The fourth-order valence-corrected chi connectivity index (χ4v) is 4.92. The van der Waals surface area contributed by atoms with Gasteiger partial charge in [0.25, 0.3) is 0 Å². The lowest BCUT2D eigenvalue weighted by Crippen LogP contribution is -2.16. The number of nitrogens with zero attached hydrogens (tertiary/aromatic N) is 7. The second-order valence-electron chi connectivity index (χ2n) is 10.2. The molecule has 0 amide bonds. The second kappa shape index (κ2) is 9.84. The van der Waals surface area contributed by atoms with E-state index in [0.29, 0.717) is 62.6 Å². The Kier molecular flexibility index (Phi) is 5.97. The lowest BCUT2D eigenvalue weighted by molar-refractivity contribution is 0.457. The average Bonchev–Trinajstić information content (AvgIpc) is 3.59. The van der Waals surface area contributed by atoms with Crippen LogP contribution in [0.1, 0.15) is 22.8 Å². The van der Waals surface area contributed by atoms with E-state index in [-0.39, 0.29) is 0 Å². The number of halogens is 1. The topological polar surface area (TPSA) is 107 Å². The summed E-state index contributed by atoms with van der Waals surface area (Å²) in [6, 6.07) is 22.0. The van der Waals surface area contributed by atoms with E-state index >= 15 is 0 Å². The Morgan fingerprint density at radius 2 is 1.07 bits per heavy atom. The van der Waals surface area contributed by atoms with Gasteiger partial charge in [0.15, 0.2) is 11.6 Å². The van der Waals surface area contributed by atoms with Crippen molar-refractivity contribution in [3.8, 4) is 22.5 Å². The molecule has 0 N–H and O–H groups in total. The summed E-state index contributed by atoms with van der Waals surface area (Å²) in [7, 11) is 0. The molecule has 0 atom stereocenters. The van der Waals surface area contributed by atoms with Crippen molar-refractivity contribution in [1.29, 1.82) is 0 Å². The molecule has 10 heteroatoms. The first kappa shape index (κ1) is 25.5. The summed E-state index contributed by atoms with van der Waals surface area (Å²) in [5, 5.41) is 8.74. The van der Waals surface area contributed by atoms with Crippen molar-refractivity contribution in [2.24, 2.45) is 0 Å². The van der Waals surface area contributed by atoms with Gasteiger partial charge in [0, 0.05) is 11.1 Å². The highest BCUT2D eigenvalue weighted by atomic mass is 19.1. The maximum Gasteiger partial charge on any atom is 0.229 e. The van der Waals surface area contributed by atoms with E-state index in [1.165, 1.54) is 12.1 Å². The van der Waals surface area contributed by atoms with Crippen molar-refractivity contribution in [2.45, 2.75) is 27.7 Å². The summed E-state index contributed by atoms with van der Waals surface area (Å²) in [6.45, 7) is 7.60. The van der Waals surface area contributed by atoms with E-state index in [1.54, 1.807) is 30.9 Å². The third-order valence-corrected chi connectivity index (χ3v) is 6.96. The van der Waals surface area contributed by atoms with Gasteiger partial charge in [-0.05, 0) is 45.9 Å². The molecule has 0 unspecified atom stereocenters. The summed E-state index contributed by atoms with van der Waals surface area (Å²) in [5.41, 5.74) is 7.17. The summed E-state index contributed by atoms with van der Waals surface area (Å²) < 4.78 is 26.5. The zero-order valence-corrected chi connectivity index (χ0v) is 23.3. The lowest BCUT2D eigenvalue weighted by Gasteiger charge is -2.23. The molecule has 7 rings (SSSR count). The highest BCUT2D eigenvalue weighted by Crippen LogP contribution is 2.42. The van der Waals surface area contributed by atoms with Crippen LogP contribution >= 0.6 is 0 Å². The third-order valence-electron chi connectivity index (χ3n) is 6.96. The molecule has 0 fully saturated rings. The Morgan fingerprint density at radius 3 is 1.52 bits per heavy atom. The number of hydrogen-bond acceptors (Lipinski definition) is 9. The van der Waals surface area contributed by atoms with E-state index in [1.807, 2.05) is 62.4 Å². The number of benzene rings is 3. The van der Waals surface area contributed by atoms with Crippen LogP contribution in [0.3, 0.4) is 0 Å². The van der Waals surface area contributed by atoms with Gasteiger partial charge in [0.2, 0.25) is 11.2 Å². The molecule has 3 aromatic carbocycles. The molecule has 42 heavy (non-hydrogen) atoms. The minimum atomic E-state index is -0.433. The predicted molar refractivity (Wildman–Crippen MR) is 157 cm³/mol. The first-order valence-corrected chi connectivity index (χ1v) is 13.3. The van der Waals surface area contributed by atoms with Gasteiger partial charge in [-0.25, -0.2) is 24.3 Å². The molecular formula is C32H24FN7O2. The summed E-state index contributed by atoms with van der Waals surface area (Å²) >= 11 is 0. The largest absolute Gasteiger partial charge is 0.350 e. The van der Waals surface area contributed by atoms with Gasteiger partial charge < -0.3 is 9.05 Å². The Morgan fingerprint density at radius 1 is 0.595 bits per heavy atom. The predicted octanol–water partition coefficient (Wildman–Crippen LogP) is 7.73. The van der Waals surface area contributed by atoms with E-state index in [9.17, 15) is 4.39 Å². The van der Waals surface area contributed by atoms with Gasteiger partial charge >= 0.3 is 0 Å². The number of hydrogen-bond donors (Lipinski definition) is 0. The van der Waals surface area contributed by atoms with Crippen molar-refractivity contribution in [3.05, 3.63) is 101 Å². The standard InChI is InChI=1S/C32H24FN7O2/c1-17-8-12-21(13-9-17)25-27-29(41-38-25)31(36-19(3)34-27)40(24-7-5-6-23(33)16-24)32-30-28(35-20(4)37-32)26(39-42-30)22-14-10-18(2)11-15-22/h5-16H,1-4H3. The zero-order valence-electron chi connectivity index (χ0n) is 23.3. The zero-order chi connectivity index (χ0) is 29.0. The molecule has 0 aliphatic heterocycles. The number of aromatic nitrogens is 6. The number of rotatable bonds is 5. The molecule has 9 nitrogen and oxygen atoms in total. The van der Waals surface area contributed by atoms with E-state index < -0.39 is 5.82 Å². The van der Waals surface area contributed by atoms with Gasteiger partial charge in [-0.15, -0.1) is 0 Å². The van der Waals surface area contributed by atoms with Crippen molar-refractivity contribution in [1.82, 2.24) is 30.2 Å². The molecule has 4 aromatic heterocycles. The fraction of sp³-hybridized carbons (Fsp3) is 0.125. The van der Waals surface area contributed by atoms with E-state index in [4.69, 9.17) is 19.0 Å². The summed E-state index contributed by atoms with van der Waals surface area (Å²) in [4.78, 5) is 20.5. The van der Waals surface area contributed by atoms with Crippen LogP contribution in [0.25, 0.3) is 44.7 Å². The molecule has 206 valence electrons. The van der Waals surface area contributed by atoms with Crippen molar-refractivity contribution >= 4 is 39.5 Å². The van der Waals surface area contributed by atoms with Crippen molar-refractivity contribution in [2.75, 3.05) is 4.90 Å². The summed E-state index contributed by atoms with van der Waals surface area (Å²) in [5.74, 6) is 1.14. The van der Waals surface area contributed by atoms with Gasteiger partial charge in [-0.2, -0.15) is 0 Å². The molecule has 0 saturated heterocycles. The van der Waals surface area contributed by atoms with Crippen molar-refractivity contribution < 1.29 is 13.4 Å². The number of fused-ring (bicyclic) bond motifs is 2. The molecule has 0 aliphatic carbocycles. The molecular weight excluding hydrogens is 533 g/mol. The van der Waals surface area contributed by atoms with Gasteiger partial charge in [0.05, 0.1) is 5.69 Å². The Labute approximate surface area is 239 Å². The molecule has 0 aliphatic rings. The quantitative estimate of drug-likeness (QED) is 0.210. The molecule has 0 bridgehead atoms. The van der Waals surface area contributed by atoms with Gasteiger partial charge in [-0.3, -0.25) is 4.90 Å². The van der Waals surface area contributed by atoms with E-state index in [0.717, 1.165) is 22.3 Å². The van der Waals surface area contributed by atoms with Crippen LogP contribution < -0.4 is 4.90 Å². The van der Waals surface area contributed by atoms with Crippen molar-refractivity contribution in [3.63, 3.8) is 0 Å². The first-order valence-electron chi connectivity index (χ1n) is 13.3. The van der Waals surface area contributed by atoms with Gasteiger partial charge in [0.1, 0.15) is 39.9 Å². The molecule has 0 spiro atoms. The highest BCUT2D eigenvalue weighted by molar-refractivity contribution is 6.01. The highest BCUT2D eigenvalue weighted by Gasteiger charge is 2.29. The Balaban J connectivity index is 1.50. The maximum atomic E-state index is 14.7. The second-order valence-corrected chi connectivity index (χ2v) is 10.2. The minimum Gasteiger partial charge on any atom is -0.350 e. The fourth-order valence-electron chi connectivity index (χ4n) is 4.92. The number of anilines is 3. The normalized spacial score (nSPS) is 11.5. The third kappa shape index (κ3) is 4.33. The van der Waals surface area contributed by atoms with Crippen LogP contribution in [0.5, 0.6) is 0 Å². The molecule has 0 saturated carbocycles. The summed E-state index contributed by atoms with van der Waals surface area (Å²) in [6.07, 6.45) is 0. The SMILES string of the molecule is Cc1ccc(-c2noc3c(N(c4cccc(F)c4)c4nc(C)nc5c(-c6ccc(C)cc6)noc45)nc(C)nc23)cc1. The monoisotopic (exact) mass is 557 g/mol. The minimum absolute atomic E-state index is 0.308. The Hall–Kier alpha value is -5.51. The number of aryl methyl sites for hydroxylation is 4. The Bertz CT molecular complexity index is 1970. The maximum absolute atomic E-state index is 14.7. The van der Waals surface area contributed by atoms with Crippen LogP contribution in [-0.4, -0.2) is 30.2 Å². The van der Waals surface area contributed by atoms with E-state index in [2.05, 4.69) is 20.3 Å². The smallest absolute Gasteiger partial charge is 0.229 e. The van der Waals surface area contributed by atoms with Crippen LogP contribution in [0.2, 0.25) is 0 Å².